The molecule has 1 aliphatic heterocycles. The molecular weight excluding hydrogens is 281 g/mol. The first-order valence-electron chi connectivity index (χ1n) is 5.96. The number of rotatable bonds is 2. The van der Waals surface area contributed by atoms with E-state index < -0.39 is 20.9 Å². The van der Waals surface area contributed by atoms with E-state index in [4.69, 9.17) is 5.73 Å². The summed E-state index contributed by atoms with van der Waals surface area (Å²) in [5.74, 6) is -0.844. The lowest BCUT2D eigenvalue weighted by Gasteiger charge is -2.14. The minimum absolute atomic E-state index is 0.179. The van der Waals surface area contributed by atoms with E-state index in [9.17, 15) is 12.8 Å². The van der Waals surface area contributed by atoms with Crippen molar-refractivity contribution in [3.63, 3.8) is 0 Å². The molecule has 0 fully saturated rings. The van der Waals surface area contributed by atoms with Crippen molar-refractivity contribution >= 4 is 15.7 Å². The molecule has 3 rings (SSSR count). The lowest BCUT2D eigenvalue weighted by molar-refractivity contribution is 0.423. The van der Waals surface area contributed by atoms with Crippen LogP contribution in [0.5, 0.6) is 0 Å². The van der Waals surface area contributed by atoms with E-state index in [1.165, 1.54) is 16.6 Å². The van der Waals surface area contributed by atoms with Crippen LogP contribution in [-0.2, 0) is 23.1 Å². The second kappa shape index (κ2) is 4.53. The summed E-state index contributed by atoms with van der Waals surface area (Å²) >= 11 is 0. The van der Waals surface area contributed by atoms with Crippen LogP contribution in [0.15, 0.2) is 41.6 Å². The third kappa shape index (κ3) is 2.04. The highest BCUT2D eigenvalue weighted by Crippen LogP contribution is 2.29. The molecular formula is C13H12FN3O2S. The molecule has 1 aromatic heterocycles. The second-order valence-corrected chi connectivity index (χ2v) is 6.44. The fraction of sp³-hybridized carbons (Fsp3) is 0.154. The van der Waals surface area contributed by atoms with Crippen LogP contribution in [0.4, 0.5) is 10.1 Å². The third-order valence-corrected chi connectivity index (χ3v) is 4.96. The number of sulfonamides is 1. The van der Waals surface area contributed by atoms with Crippen LogP contribution < -0.4 is 5.73 Å². The average Bonchev–Trinajstić information content (AvgIpc) is 2.82. The highest BCUT2D eigenvalue weighted by atomic mass is 32.2. The molecule has 7 heteroatoms. The summed E-state index contributed by atoms with van der Waals surface area (Å²) < 4.78 is 39.6. The summed E-state index contributed by atoms with van der Waals surface area (Å²) in [5, 5.41) is -0.541. The first-order valence-corrected chi connectivity index (χ1v) is 7.40. The molecule has 0 amide bonds. The van der Waals surface area contributed by atoms with Crippen molar-refractivity contribution in [2.75, 3.05) is 5.73 Å². The Kier molecular flexibility index (Phi) is 2.95. The highest BCUT2D eigenvalue weighted by molar-refractivity contribution is 7.89. The van der Waals surface area contributed by atoms with Crippen molar-refractivity contribution in [3.05, 3.63) is 53.5 Å². The Morgan fingerprint density at radius 3 is 2.70 bits per heavy atom. The Bertz CT molecular complexity index is 777. The molecule has 104 valence electrons. The lowest BCUT2D eigenvalue weighted by Crippen LogP contribution is -2.27. The largest absolute Gasteiger partial charge is 0.399 e. The predicted molar refractivity (Wildman–Crippen MR) is 71.5 cm³/mol. The van der Waals surface area contributed by atoms with Crippen molar-refractivity contribution in [2.24, 2.45) is 0 Å². The van der Waals surface area contributed by atoms with Crippen LogP contribution >= 0.6 is 0 Å². The molecule has 0 bridgehead atoms. The summed E-state index contributed by atoms with van der Waals surface area (Å²) in [7, 11) is -3.94. The number of aromatic nitrogens is 1. The first kappa shape index (κ1) is 13.0. The van der Waals surface area contributed by atoms with Crippen LogP contribution in [0.3, 0.4) is 0 Å². The summed E-state index contributed by atoms with van der Waals surface area (Å²) in [4.78, 5) is 3.65. The van der Waals surface area contributed by atoms with Crippen LogP contribution in [-0.4, -0.2) is 17.7 Å². The van der Waals surface area contributed by atoms with Crippen molar-refractivity contribution in [3.8, 4) is 0 Å². The number of nitrogens with zero attached hydrogens (tertiary/aromatic N) is 2. The second-order valence-electron chi connectivity index (χ2n) is 4.59. The van der Waals surface area contributed by atoms with Gasteiger partial charge in [0.25, 0.3) is 10.0 Å². The monoisotopic (exact) mass is 293 g/mol. The quantitative estimate of drug-likeness (QED) is 0.851. The van der Waals surface area contributed by atoms with Crippen molar-refractivity contribution < 1.29 is 12.8 Å². The maximum absolute atomic E-state index is 13.6. The first-order chi connectivity index (χ1) is 9.48. The average molecular weight is 293 g/mol. The van der Waals surface area contributed by atoms with Gasteiger partial charge < -0.3 is 5.73 Å². The smallest absolute Gasteiger partial charge is 0.264 e. The van der Waals surface area contributed by atoms with Crippen LogP contribution in [0.25, 0.3) is 0 Å². The molecule has 2 aromatic rings. The van der Waals surface area contributed by atoms with Crippen LogP contribution in [0, 0.1) is 5.82 Å². The van der Waals surface area contributed by atoms with E-state index in [0.717, 1.165) is 17.2 Å². The van der Waals surface area contributed by atoms with Crippen LogP contribution in [0.1, 0.15) is 11.1 Å². The van der Waals surface area contributed by atoms with Gasteiger partial charge in [0, 0.05) is 25.0 Å². The Labute approximate surface area is 115 Å². The van der Waals surface area contributed by atoms with Gasteiger partial charge in [0.15, 0.2) is 5.82 Å². The zero-order valence-corrected chi connectivity index (χ0v) is 11.3. The predicted octanol–water partition coefficient (Wildman–Crippen LogP) is 1.51. The number of halogens is 1. The topological polar surface area (TPSA) is 76.3 Å². The Balaban J connectivity index is 1.98. The fourth-order valence-corrected chi connectivity index (χ4v) is 3.61. The minimum atomic E-state index is -3.94. The van der Waals surface area contributed by atoms with Crippen molar-refractivity contribution in [1.82, 2.24) is 9.29 Å². The zero-order chi connectivity index (χ0) is 14.3. The molecule has 5 nitrogen and oxygen atoms in total. The molecule has 0 saturated heterocycles. The number of benzene rings is 1. The van der Waals surface area contributed by atoms with Gasteiger partial charge in [-0.25, -0.2) is 17.8 Å². The van der Waals surface area contributed by atoms with Gasteiger partial charge in [0.1, 0.15) is 0 Å². The van der Waals surface area contributed by atoms with Gasteiger partial charge in [0.2, 0.25) is 5.03 Å². The molecule has 2 N–H and O–H groups in total. The normalized spacial score (nSPS) is 15.2. The molecule has 0 atom stereocenters. The lowest BCUT2D eigenvalue weighted by atomic mass is 10.1. The number of nitrogen functional groups attached to an aromatic ring is 1. The number of fused-ring (bicyclic) bond motifs is 1. The van der Waals surface area contributed by atoms with Gasteiger partial charge >= 0.3 is 0 Å². The van der Waals surface area contributed by atoms with Gasteiger partial charge in [-0.1, -0.05) is 6.07 Å². The molecule has 0 saturated carbocycles. The summed E-state index contributed by atoms with van der Waals surface area (Å²) in [6.45, 7) is 0.382. The Morgan fingerprint density at radius 2 is 1.95 bits per heavy atom. The highest BCUT2D eigenvalue weighted by Gasteiger charge is 2.33. The molecule has 0 spiro atoms. The van der Waals surface area contributed by atoms with Gasteiger partial charge in [-0.3, -0.25) is 0 Å². The standard InChI is InChI=1S/C13H12FN3O2S/c14-12-2-1-5-16-13(12)20(18,19)17-7-9-3-4-11(15)6-10(9)8-17/h1-6H,7-8,15H2. The van der Waals surface area contributed by atoms with E-state index in [1.54, 1.807) is 18.2 Å². The minimum Gasteiger partial charge on any atom is -0.399 e. The van der Waals surface area contributed by atoms with E-state index >= 15 is 0 Å². The van der Waals surface area contributed by atoms with Crippen molar-refractivity contribution in [1.29, 1.82) is 0 Å². The van der Waals surface area contributed by atoms with Gasteiger partial charge in [0.05, 0.1) is 0 Å². The molecule has 1 aliphatic rings. The van der Waals surface area contributed by atoms with E-state index in [0.29, 0.717) is 5.69 Å². The van der Waals surface area contributed by atoms with Gasteiger partial charge in [-0.05, 0) is 35.4 Å². The summed E-state index contributed by atoms with van der Waals surface area (Å²) in [6.07, 6.45) is 1.26. The molecule has 0 aliphatic carbocycles. The molecule has 1 aromatic carbocycles. The zero-order valence-electron chi connectivity index (χ0n) is 10.5. The third-order valence-electron chi connectivity index (χ3n) is 3.23. The van der Waals surface area contributed by atoms with Crippen molar-refractivity contribution in [2.45, 2.75) is 18.1 Å². The fourth-order valence-electron chi connectivity index (χ4n) is 2.24. The van der Waals surface area contributed by atoms with E-state index in [1.807, 2.05) is 0 Å². The molecule has 20 heavy (non-hydrogen) atoms. The molecule has 2 heterocycles. The maximum atomic E-state index is 13.6. The van der Waals surface area contributed by atoms with Crippen LogP contribution in [0.2, 0.25) is 0 Å². The van der Waals surface area contributed by atoms with E-state index in [2.05, 4.69) is 4.98 Å². The number of nitrogens with two attached hydrogens (primary N) is 1. The Morgan fingerprint density at radius 1 is 1.20 bits per heavy atom. The number of hydrogen-bond donors (Lipinski definition) is 1. The SMILES string of the molecule is Nc1ccc2c(c1)CN(S(=O)(=O)c1ncccc1F)C2. The number of pyridine rings is 1. The maximum Gasteiger partial charge on any atom is 0.264 e. The number of hydrogen-bond acceptors (Lipinski definition) is 4. The van der Waals surface area contributed by atoms with Gasteiger partial charge in [-0.2, -0.15) is 4.31 Å². The van der Waals surface area contributed by atoms with Gasteiger partial charge in [-0.15, -0.1) is 0 Å². The molecule has 0 radical (unpaired) electrons. The number of anilines is 1. The Hall–Kier alpha value is -1.99. The summed E-state index contributed by atoms with van der Waals surface area (Å²) in [5.41, 5.74) is 7.97. The molecule has 0 unspecified atom stereocenters. The summed E-state index contributed by atoms with van der Waals surface area (Å²) in [6, 6.07) is 7.68. The van der Waals surface area contributed by atoms with E-state index in [-0.39, 0.29) is 13.1 Å².